The van der Waals surface area contributed by atoms with Crippen LogP contribution in [0.1, 0.15) is 31.8 Å². The first-order valence-corrected chi connectivity index (χ1v) is 6.37. The van der Waals surface area contributed by atoms with Gasteiger partial charge in [-0.2, -0.15) is 0 Å². The lowest BCUT2D eigenvalue weighted by Crippen LogP contribution is -2.17. The lowest BCUT2D eigenvalue weighted by molar-refractivity contribution is 0.0995. The number of carbonyl (C=O) groups excluding carboxylic acids is 2. The van der Waals surface area contributed by atoms with Crippen molar-refractivity contribution in [3.8, 4) is 0 Å². The number of hydrogen-bond acceptors (Lipinski definition) is 2. The van der Waals surface area contributed by atoms with Crippen molar-refractivity contribution in [3.63, 3.8) is 0 Å². The second-order valence-electron chi connectivity index (χ2n) is 4.78. The largest absolute Gasteiger partial charge is 0.366 e. The molecule has 2 aromatic rings. The number of hydrogen-bond donors (Lipinski definition) is 2. The van der Waals surface area contributed by atoms with E-state index in [2.05, 4.69) is 5.32 Å². The Bertz CT molecular complexity index is 726. The topological polar surface area (TPSA) is 72.2 Å². The summed E-state index contributed by atoms with van der Waals surface area (Å²) in [5, 5.41) is 2.60. The third-order valence-corrected chi connectivity index (χ3v) is 3.21. The Morgan fingerprint density at radius 1 is 1.10 bits per heavy atom. The number of nitrogens with two attached hydrogens (primary N) is 1. The van der Waals surface area contributed by atoms with Crippen molar-refractivity contribution in [2.24, 2.45) is 5.73 Å². The first-order chi connectivity index (χ1) is 9.90. The van der Waals surface area contributed by atoms with E-state index in [0.717, 1.165) is 5.56 Å². The van der Waals surface area contributed by atoms with Crippen LogP contribution in [-0.2, 0) is 0 Å². The zero-order valence-corrected chi connectivity index (χ0v) is 11.7. The van der Waals surface area contributed by atoms with Crippen LogP contribution in [0.3, 0.4) is 0 Å². The van der Waals surface area contributed by atoms with Gasteiger partial charge in [-0.25, -0.2) is 4.39 Å². The van der Waals surface area contributed by atoms with Gasteiger partial charge in [-0.05, 0) is 43.7 Å². The molecule has 0 aliphatic heterocycles. The highest BCUT2D eigenvalue weighted by Gasteiger charge is 2.15. The minimum Gasteiger partial charge on any atom is -0.366 e. The summed E-state index contributed by atoms with van der Waals surface area (Å²) < 4.78 is 13.7. The number of aryl methyl sites for hydroxylation is 1. The number of halogens is 1. The Labute approximate surface area is 121 Å². The summed E-state index contributed by atoms with van der Waals surface area (Å²) in [6.07, 6.45) is 0. The number of amides is 2. The maximum absolute atomic E-state index is 13.7. The first kappa shape index (κ1) is 14.7. The lowest BCUT2D eigenvalue weighted by atomic mass is 10.1. The van der Waals surface area contributed by atoms with Crippen LogP contribution < -0.4 is 11.1 Å². The molecule has 0 bridgehead atoms. The minimum atomic E-state index is -0.596. The molecule has 0 aliphatic rings. The molecule has 4 nitrogen and oxygen atoms in total. The number of benzene rings is 2. The van der Waals surface area contributed by atoms with Crippen LogP contribution in [0.4, 0.5) is 10.1 Å². The summed E-state index contributed by atoms with van der Waals surface area (Å²) in [4.78, 5) is 23.4. The van der Waals surface area contributed by atoms with E-state index < -0.39 is 17.6 Å². The molecule has 2 amide bonds. The summed E-state index contributed by atoms with van der Waals surface area (Å²) in [5.41, 5.74) is 7.29. The molecule has 2 rings (SSSR count). The number of rotatable bonds is 3. The predicted molar refractivity (Wildman–Crippen MR) is 78.8 cm³/mol. The van der Waals surface area contributed by atoms with Crippen molar-refractivity contribution in [1.29, 1.82) is 0 Å². The summed E-state index contributed by atoms with van der Waals surface area (Å²) in [6.45, 7) is 3.44. The molecule has 0 aliphatic carbocycles. The second-order valence-corrected chi connectivity index (χ2v) is 4.78. The second kappa shape index (κ2) is 5.75. The van der Waals surface area contributed by atoms with Crippen LogP contribution in [0.25, 0.3) is 0 Å². The Morgan fingerprint density at radius 3 is 2.48 bits per heavy atom. The van der Waals surface area contributed by atoms with E-state index in [1.807, 2.05) is 0 Å². The Balaban J connectivity index is 2.34. The van der Waals surface area contributed by atoms with Gasteiger partial charge in [0.2, 0.25) is 5.91 Å². The molecule has 5 heteroatoms. The predicted octanol–water partition coefficient (Wildman–Crippen LogP) is 2.79. The van der Waals surface area contributed by atoms with Crippen molar-refractivity contribution in [2.45, 2.75) is 13.8 Å². The molecule has 0 heterocycles. The van der Waals surface area contributed by atoms with Crippen LogP contribution >= 0.6 is 0 Å². The Morgan fingerprint density at radius 2 is 1.81 bits per heavy atom. The average Bonchev–Trinajstić information content (AvgIpc) is 2.43. The highest BCUT2D eigenvalue weighted by molar-refractivity contribution is 6.06. The molecular formula is C16H15FN2O2. The van der Waals surface area contributed by atoms with Gasteiger partial charge in [0, 0.05) is 11.3 Å². The highest BCUT2D eigenvalue weighted by atomic mass is 19.1. The molecule has 0 fully saturated rings. The van der Waals surface area contributed by atoms with Gasteiger partial charge in [-0.3, -0.25) is 9.59 Å². The minimum absolute atomic E-state index is 0.0427. The highest BCUT2D eigenvalue weighted by Crippen LogP contribution is 2.20. The molecule has 21 heavy (non-hydrogen) atoms. The summed E-state index contributed by atoms with van der Waals surface area (Å²) in [5.74, 6) is -1.74. The van der Waals surface area contributed by atoms with Crippen LogP contribution in [0.15, 0.2) is 36.4 Å². The SMILES string of the molecule is Cc1ccc(F)c(C(=O)Nc2cccc(C(N)=O)c2C)c1. The van der Waals surface area contributed by atoms with Crippen LogP contribution in [0, 0.1) is 19.7 Å². The van der Waals surface area contributed by atoms with E-state index in [9.17, 15) is 14.0 Å². The van der Waals surface area contributed by atoms with Crippen molar-refractivity contribution < 1.29 is 14.0 Å². The fourth-order valence-corrected chi connectivity index (χ4v) is 2.04. The van der Waals surface area contributed by atoms with Crippen molar-refractivity contribution in [2.75, 3.05) is 5.32 Å². The molecule has 0 unspecified atom stereocenters. The average molecular weight is 286 g/mol. The van der Waals surface area contributed by atoms with E-state index in [1.54, 1.807) is 38.1 Å². The van der Waals surface area contributed by atoms with Crippen molar-refractivity contribution in [3.05, 3.63) is 64.5 Å². The third kappa shape index (κ3) is 3.08. The number of carbonyl (C=O) groups is 2. The lowest BCUT2D eigenvalue weighted by Gasteiger charge is -2.11. The van der Waals surface area contributed by atoms with Crippen molar-refractivity contribution >= 4 is 17.5 Å². The van der Waals surface area contributed by atoms with Crippen LogP contribution in [0.2, 0.25) is 0 Å². The van der Waals surface area contributed by atoms with Crippen LogP contribution in [0.5, 0.6) is 0 Å². The Kier molecular flexibility index (Phi) is 4.03. The van der Waals surface area contributed by atoms with E-state index in [1.165, 1.54) is 12.1 Å². The summed E-state index contributed by atoms with van der Waals surface area (Å²) >= 11 is 0. The van der Waals surface area contributed by atoms with Gasteiger partial charge in [-0.15, -0.1) is 0 Å². The normalized spacial score (nSPS) is 10.2. The summed E-state index contributed by atoms with van der Waals surface area (Å²) in [7, 11) is 0. The number of anilines is 1. The van der Waals surface area contributed by atoms with Gasteiger partial charge in [-0.1, -0.05) is 17.7 Å². The maximum atomic E-state index is 13.7. The van der Waals surface area contributed by atoms with E-state index in [0.29, 0.717) is 16.8 Å². The van der Waals surface area contributed by atoms with Gasteiger partial charge in [0.25, 0.3) is 5.91 Å². The Hall–Kier alpha value is -2.69. The molecule has 0 saturated carbocycles. The fraction of sp³-hybridized carbons (Fsp3) is 0.125. The van der Waals surface area contributed by atoms with Gasteiger partial charge in [0.1, 0.15) is 5.82 Å². The molecule has 108 valence electrons. The zero-order valence-electron chi connectivity index (χ0n) is 11.7. The van der Waals surface area contributed by atoms with E-state index >= 15 is 0 Å². The van der Waals surface area contributed by atoms with E-state index in [4.69, 9.17) is 5.73 Å². The molecule has 2 aromatic carbocycles. The molecular weight excluding hydrogens is 271 g/mol. The monoisotopic (exact) mass is 286 g/mol. The third-order valence-electron chi connectivity index (χ3n) is 3.21. The first-order valence-electron chi connectivity index (χ1n) is 6.37. The number of primary amides is 1. The fourth-order valence-electron chi connectivity index (χ4n) is 2.04. The standard InChI is InChI=1S/C16H15FN2O2/c1-9-6-7-13(17)12(8-9)16(21)19-14-5-3-4-11(10(14)2)15(18)20/h3-8H,1-2H3,(H2,18,20)(H,19,21). The quantitative estimate of drug-likeness (QED) is 0.910. The van der Waals surface area contributed by atoms with Crippen LogP contribution in [-0.4, -0.2) is 11.8 Å². The molecule has 0 radical (unpaired) electrons. The zero-order chi connectivity index (χ0) is 15.6. The van der Waals surface area contributed by atoms with E-state index in [-0.39, 0.29) is 5.56 Å². The molecule has 0 aromatic heterocycles. The smallest absolute Gasteiger partial charge is 0.258 e. The molecule has 0 saturated heterocycles. The number of nitrogens with one attached hydrogen (secondary N) is 1. The molecule has 3 N–H and O–H groups in total. The van der Waals surface area contributed by atoms with Crippen molar-refractivity contribution in [1.82, 2.24) is 0 Å². The van der Waals surface area contributed by atoms with Gasteiger partial charge in [0.15, 0.2) is 0 Å². The maximum Gasteiger partial charge on any atom is 0.258 e. The van der Waals surface area contributed by atoms with Gasteiger partial charge >= 0.3 is 0 Å². The summed E-state index contributed by atoms with van der Waals surface area (Å²) in [6, 6.07) is 9.11. The van der Waals surface area contributed by atoms with Gasteiger partial charge < -0.3 is 11.1 Å². The molecule has 0 spiro atoms. The molecule has 0 atom stereocenters. The van der Waals surface area contributed by atoms with Gasteiger partial charge in [0.05, 0.1) is 5.56 Å².